The van der Waals surface area contributed by atoms with Crippen LogP contribution in [0.3, 0.4) is 0 Å². The molecular weight excluding hydrogens is 396 g/mol. The minimum Gasteiger partial charge on any atom is -0.480 e. The second-order valence-corrected chi connectivity index (χ2v) is 9.87. The molecule has 2 rings (SSSR count). The number of aliphatic carboxylic acids is 1. The molecule has 0 saturated carbocycles. The van der Waals surface area contributed by atoms with Crippen molar-refractivity contribution in [3.8, 4) is 0 Å². The van der Waals surface area contributed by atoms with Gasteiger partial charge in [0.25, 0.3) is 0 Å². The van der Waals surface area contributed by atoms with E-state index in [1.807, 2.05) is 4.90 Å². The molecule has 0 amide bonds. The van der Waals surface area contributed by atoms with Crippen LogP contribution in [0.5, 0.6) is 0 Å². The summed E-state index contributed by atoms with van der Waals surface area (Å²) >= 11 is 0. The molecule has 0 spiro atoms. The van der Waals surface area contributed by atoms with Crippen LogP contribution < -0.4 is 5.32 Å². The van der Waals surface area contributed by atoms with Gasteiger partial charge in [-0.2, -0.15) is 0 Å². The molecular formula is C28H46N2O2. The summed E-state index contributed by atoms with van der Waals surface area (Å²) in [5.74, 6) is -0.239. The molecule has 0 aromatic carbocycles. The fourth-order valence-electron chi connectivity index (χ4n) is 4.18. The van der Waals surface area contributed by atoms with Gasteiger partial charge in [0.1, 0.15) is 6.04 Å². The predicted molar refractivity (Wildman–Crippen MR) is 138 cm³/mol. The zero-order valence-electron chi connectivity index (χ0n) is 21.1. The molecule has 1 fully saturated rings. The number of carbonyl (C=O) groups is 1. The van der Waals surface area contributed by atoms with Gasteiger partial charge in [0.15, 0.2) is 0 Å². The van der Waals surface area contributed by atoms with E-state index in [0.29, 0.717) is 16.9 Å². The summed E-state index contributed by atoms with van der Waals surface area (Å²) in [6.07, 6.45) is 17.5. The highest BCUT2D eigenvalue weighted by molar-refractivity contribution is 5.78. The summed E-state index contributed by atoms with van der Waals surface area (Å²) in [5.41, 5.74) is 3.92. The zero-order chi connectivity index (χ0) is 24.1. The number of hydrogen-bond acceptors (Lipinski definition) is 3. The lowest BCUT2D eigenvalue weighted by Crippen LogP contribution is -2.54. The molecule has 2 aliphatic heterocycles. The first-order chi connectivity index (χ1) is 15.1. The Bertz CT molecular complexity index is 709. The Hall–Kier alpha value is -2.07. The smallest absolute Gasteiger partial charge is 0.325 e. The second kappa shape index (κ2) is 14.2. The van der Waals surface area contributed by atoms with Crippen LogP contribution in [0.25, 0.3) is 0 Å². The minimum atomic E-state index is -0.824. The van der Waals surface area contributed by atoms with E-state index in [-0.39, 0.29) is 0 Å². The molecule has 0 aromatic rings. The number of rotatable bonds is 11. The predicted octanol–water partition coefficient (Wildman–Crippen LogP) is 6.50. The Morgan fingerprint density at radius 3 is 2.50 bits per heavy atom. The number of unbranched alkanes of at least 4 members (excludes halogenated alkanes) is 2. The van der Waals surface area contributed by atoms with E-state index in [2.05, 4.69) is 65.2 Å². The number of nitrogens with zero attached hydrogens (tertiary/aromatic N) is 1. The van der Waals surface area contributed by atoms with E-state index in [9.17, 15) is 4.79 Å². The summed E-state index contributed by atoms with van der Waals surface area (Å²) in [7, 11) is 0. The molecule has 1 unspecified atom stereocenters. The number of allylic oxidation sites excluding steroid dienone is 6. The SMILES string of the molecule is C=C/C=C(\C=C)C(C(=O)O)N1CC(C)C1.CCCCCC(C)(C)/C=C\C1=C(C)NCCC1. The minimum absolute atomic E-state index is 0.347. The van der Waals surface area contributed by atoms with E-state index in [1.165, 1.54) is 49.8 Å². The van der Waals surface area contributed by atoms with Crippen LogP contribution in [0.15, 0.2) is 60.4 Å². The van der Waals surface area contributed by atoms with Crippen molar-refractivity contribution in [3.63, 3.8) is 0 Å². The summed E-state index contributed by atoms with van der Waals surface area (Å²) in [4.78, 5) is 13.1. The fraction of sp³-hybridized carbons (Fsp3) is 0.607. The van der Waals surface area contributed by atoms with Crippen LogP contribution in [-0.2, 0) is 4.79 Å². The summed E-state index contributed by atoms with van der Waals surface area (Å²) in [6, 6.07) is -0.573. The van der Waals surface area contributed by atoms with Crippen molar-refractivity contribution < 1.29 is 9.90 Å². The summed E-state index contributed by atoms with van der Waals surface area (Å²) < 4.78 is 0. The average molecular weight is 443 g/mol. The Morgan fingerprint density at radius 2 is 2.00 bits per heavy atom. The van der Waals surface area contributed by atoms with Crippen LogP contribution in [-0.4, -0.2) is 41.7 Å². The van der Waals surface area contributed by atoms with Gasteiger partial charge in [0.05, 0.1) is 0 Å². The number of hydrogen-bond donors (Lipinski definition) is 2. The topological polar surface area (TPSA) is 52.6 Å². The first-order valence-electron chi connectivity index (χ1n) is 12.2. The fourth-order valence-corrected chi connectivity index (χ4v) is 4.18. The van der Waals surface area contributed by atoms with Crippen molar-refractivity contribution in [2.45, 2.75) is 79.2 Å². The lowest BCUT2D eigenvalue weighted by molar-refractivity contribution is -0.144. The molecule has 4 nitrogen and oxygen atoms in total. The van der Waals surface area contributed by atoms with E-state index in [4.69, 9.17) is 5.11 Å². The maximum atomic E-state index is 11.2. The van der Waals surface area contributed by atoms with Crippen molar-refractivity contribution in [1.29, 1.82) is 0 Å². The largest absolute Gasteiger partial charge is 0.480 e. The van der Waals surface area contributed by atoms with Gasteiger partial charge >= 0.3 is 5.97 Å². The van der Waals surface area contributed by atoms with Crippen molar-refractivity contribution in [3.05, 3.63) is 60.4 Å². The van der Waals surface area contributed by atoms with Crippen molar-refractivity contribution in [1.82, 2.24) is 10.2 Å². The van der Waals surface area contributed by atoms with E-state index in [1.54, 1.807) is 18.2 Å². The lowest BCUT2D eigenvalue weighted by atomic mass is 9.85. The number of nitrogens with one attached hydrogen (secondary N) is 1. The van der Waals surface area contributed by atoms with Crippen LogP contribution in [0.2, 0.25) is 0 Å². The summed E-state index contributed by atoms with van der Waals surface area (Å²) in [6.45, 7) is 21.3. The molecule has 180 valence electrons. The van der Waals surface area contributed by atoms with Gasteiger partial charge in [-0.1, -0.05) is 90.5 Å². The molecule has 2 heterocycles. The molecule has 32 heavy (non-hydrogen) atoms. The van der Waals surface area contributed by atoms with Gasteiger partial charge in [0.2, 0.25) is 0 Å². The van der Waals surface area contributed by atoms with Gasteiger partial charge in [-0.15, -0.1) is 0 Å². The van der Waals surface area contributed by atoms with Gasteiger partial charge in [-0.05, 0) is 48.7 Å². The van der Waals surface area contributed by atoms with Crippen LogP contribution >= 0.6 is 0 Å². The van der Waals surface area contributed by atoms with E-state index in [0.717, 1.165) is 19.6 Å². The summed E-state index contributed by atoms with van der Waals surface area (Å²) in [5, 5.41) is 12.6. The molecule has 2 N–H and O–H groups in total. The maximum absolute atomic E-state index is 11.2. The second-order valence-electron chi connectivity index (χ2n) is 9.87. The first-order valence-corrected chi connectivity index (χ1v) is 12.2. The van der Waals surface area contributed by atoms with Gasteiger partial charge in [0, 0.05) is 25.3 Å². The molecule has 0 radical (unpaired) electrons. The quantitative estimate of drug-likeness (QED) is 0.283. The Kier molecular flexibility index (Phi) is 12.4. The van der Waals surface area contributed by atoms with E-state index >= 15 is 0 Å². The third-order valence-corrected chi connectivity index (χ3v) is 6.21. The highest BCUT2D eigenvalue weighted by Crippen LogP contribution is 2.27. The van der Waals surface area contributed by atoms with Gasteiger partial charge < -0.3 is 10.4 Å². The van der Waals surface area contributed by atoms with Gasteiger partial charge in [-0.3, -0.25) is 9.69 Å². The third kappa shape index (κ3) is 9.60. The highest BCUT2D eigenvalue weighted by Gasteiger charge is 2.35. The molecule has 1 saturated heterocycles. The van der Waals surface area contributed by atoms with Crippen LogP contribution in [0.4, 0.5) is 0 Å². The molecule has 2 aliphatic rings. The molecule has 1 atom stereocenters. The molecule has 0 aliphatic carbocycles. The van der Waals surface area contributed by atoms with Crippen LogP contribution in [0.1, 0.15) is 73.1 Å². The number of carboxylic acids is 1. The van der Waals surface area contributed by atoms with Crippen molar-refractivity contribution in [2.75, 3.05) is 19.6 Å². The average Bonchev–Trinajstić information content (AvgIpc) is 2.72. The molecule has 4 heteroatoms. The highest BCUT2D eigenvalue weighted by atomic mass is 16.4. The zero-order valence-corrected chi connectivity index (χ0v) is 21.1. The number of carboxylic acid groups (broad SMARTS) is 1. The maximum Gasteiger partial charge on any atom is 0.325 e. The first kappa shape index (κ1) is 28.0. The number of likely N-dealkylation sites (tertiary alicyclic amines) is 1. The van der Waals surface area contributed by atoms with Gasteiger partial charge in [-0.25, -0.2) is 0 Å². The van der Waals surface area contributed by atoms with Crippen LogP contribution in [0, 0.1) is 11.3 Å². The van der Waals surface area contributed by atoms with Crippen molar-refractivity contribution >= 4 is 5.97 Å². The monoisotopic (exact) mass is 442 g/mol. The molecule has 0 bridgehead atoms. The lowest BCUT2D eigenvalue weighted by Gasteiger charge is -2.41. The normalized spacial score (nSPS) is 19.0. The van der Waals surface area contributed by atoms with Crippen molar-refractivity contribution in [2.24, 2.45) is 11.3 Å². The molecule has 0 aromatic heterocycles. The Balaban J connectivity index is 0.000000323. The Morgan fingerprint density at radius 1 is 1.31 bits per heavy atom. The van der Waals surface area contributed by atoms with E-state index < -0.39 is 12.0 Å². The Labute approximate surface area is 196 Å². The third-order valence-electron chi connectivity index (χ3n) is 6.21. The standard InChI is InChI=1S/C16H29N.C12H17NO2/c1-5-6-7-11-16(3,4)12-10-15-9-8-13-17-14(15)2;1-4-6-10(5-2)11(12(14)15)13-7-9(3)8-13/h10,12,17H,5-9,11,13H2,1-4H3;4-6,9,11H,1-2,7-8H2,3H3,(H,14,15)/b12-10-;10-6+.